The summed E-state index contributed by atoms with van der Waals surface area (Å²) >= 11 is 2.41. The number of ether oxygens (including phenoxy) is 1. The molecule has 1 N–H and O–H groups in total. The summed E-state index contributed by atoms with van der Waals surface area (Å²) < 4.78 is 10.3. The molecule has 0 amide bonds. The molecule has 0 saturated carbocycles. The average Bonchev–Trinajstić information content (AvgIpc) is 2.94. The molecule has 90 valence electrons. The Morgan fingerprint density at radius 2 is 2.47 bits per heavy atom. The fourth-order valence-electron chi connectivity index (χ4n) is 1.03. The molecule has 0 aliphatic rings. The van der Waals surface area contributed by atoms with Crippen LogP contribution in [0.3, 0.4) is 0 Å². The molecule has 8 heteroatoms. The van der Waals surface area contributed by atoms with E-state index < -0.39 is 5.97 Å². The Bertz CT molecular complexity index is 523. The third-order valence-electron chi connectivity index (χ3n) is 1.75. The number of thiophene rings is 1. The zero-order chi connectivity index (χ0) is 12.3. The first-order valence-electron chi connectivity index (χ1n) is 4.50. The predicted molar refractivity (Wildman–Crippen MR) is 62.5 cm³/mol. The smallest absolute Gasteiger partial charge is 0.314 e. The third kappa shape index (κ3) is 2.98. The number of hydrogen-bond donors (Lipinski definition) is 1. The lowest BCUT2D eigenvalue weighted by molar-refractivity contribution is -0.133. The summed E-state index contributed by atoms with van der Waals surface area (Å²) in [4.78, 5) is 11.2. The van der Waals surface area contributed by atoms with Crippen LogP contribution in [0.5, 0.6) is 5.75 Å². The minimum Gasteiger partial charge on any atom is -0.496 e. The highest BCUT2D eigenvalue weighted by atomic mass is 32.2. The number of methoxy groups -OCH3 is 1. The lowest BCUT2D eigenvalue weighted by Gasteiger charge is -1.90. The molecular weight excluding hydrogens is 264 g/mol. The summed E-state index contributed by atoms with van der Waals surface area (Å²) in [6.07, 6.45) is 0. The number of nitrogens with zero attached hydrogens (tertiary/aromatic N) is 2. The zero-order valence-corrected chi connectivity index (χ0v) is 10.4. The van der Waals surface area contributed by atoms with Gasteiger partial charge in [-0.2, -0.15) is 0 Å². The van der Waals surface area contributed by atoms with Crippen molar-refractivity contribution in [2.75, 3.05) is 12.9 Å². The molecule has 0 aliphatic heterocycles. The van der Waals surface area contributed by atoms with Crippen molar-refractivity contribution >= 4 is 29.1 Å². The van der Waals surface area contributed by atoms with Crippen LogP contribution in [0, 0.1) is 0 Å². The van der Waals surface area contributed by atoms with Gasteiger partial charge in [0.15, 0.2) is 0 Å². The van der Waals surface area contributed by atoms with Crippen molar-refractivity contribution in [2.24, 2.45) is 0 Å². The number of carboxylic acid groups (broad SMARTS) is 1. The first-order valence-corrected chi connectivity index (χ1v) is 6.36. The maximum Gasteiger partial charge on any atom is 0.314 e. The third-order valence-corrected chi connectivity index (χ3v) is 3.45. The van der Waals surface area contributed by atoms with Gasteiger partial charge in [0.2, 0.25) is 0 Å². The van der Waals surface area contributed by atoms with Gasteiger partial charge in [-0.05, 0) is 0 Å². The summed E-state index contributed by atoms with van der Waals surface area (Å²) in [7, 11) is 1.58. The maximum absolute atomic E-state index is 10.4. The van der Waals surface area contributed by atoms with Crippen molar-refractivity contribution in [1.29, 1.82) is 0 Å². The monoisotopic (exact) mass is 272 g/mol. The molecule has 0 spiro atoms. The second-order valence-corrected chi connectivity index (χ2v) is 4.74. The van der Waals surface area contributed by atoms with Crippen LogP contribution in [0.4, 0.5) is 0 Å². The SMILES string of the molecule is COc1csc(-c2nnc(SCC(=O)O)o2)c1. The number of thioether (sulfide) groups is 1. The second kappa shape index (κ2) is 5.19. The summed E-state index contributed by atoms with van der Waals surface area (Å²) in [5.74, 6) is 0.0664. The van der Waals surface area contributed by atoms with Gasteiger partial charge in [0.1, 0.15) is 11.5 Å². The lowest BCUT2D eigenvalue weighted by Crippen LogP contribution is -1.97. The molecule has 2 aromatic rings. The first-order chi connectivity index (χ1) is 8.19. The highest BCUT2D eigenvalue weighted by Gasteiger charge is 2.12. The molecule has 2 aromatic heterocycles. The van der Waals surface area contributed by atoms with Gasteiger partial charge in [-0.25, -0.2) is 0 Å². The minimum absolute atomic E-state index is 0.102. The predicted octanol–water partition coefficient (Wildman–Crippen LogP) is 1.98. The van der Waals surface area contributed by atoms with Gasteiger partial charge in [0.05, 0.1) is 12.0 Å². The number of aliphatic carboxylic acids is 1. The van der Waals surface area contributed by atoms with E-state index in [2.05, 4.69) is 10.2 Å². The van der Waals surface area contributed by atoms with Gasteiger partial charge < -0.3 is 14.3 Å². The molecule has 0 unspecified atom stereocenters. The molecule has 2 heterocycles. The summed E-state index contributed by atoms with van der Waals surface area (Å²) in [6, 6.07) is 1.78. The van der Waals surface area contributed by atoms with Crippen LogP contribution in [-0.2, 0) is 4.79 Å². The molecule has 0 aliphatic carbocycles. The van der Waals surface area contributed by atoms with Gasteiger partial charge in [-0.1, -0.05) is 11.8 Å². The van der Waals surface area contributed by atoms with Crippen LogP contribution < -0.4 is 4.74 Å². The van der Waals surface area contributed by atoms with Crippen molar-refractivity contribution in [1.82, 2.24) is 10.2 Å². The van der Waals surface area contributed by atoms with Gasteiger partial charge in [-0.15, -0.1) is 21.5 Å². The molecule has 0 radical (unpaired) electrons. The topological polar surface area (TPSA) is 85.5 Å². The molecular formula is C9H8N2O4S2. The van der Waals surface area contributed by atoms with Gasteiger partial charge in [0.25, 0.3) is 11.1 Å². The molecule has 6 nitrogen and oxygen atoms in total. The summed E-state index contributed by atoms with van der Waals surface area (Å²) in [6.45, 7) is 0. The molecule has 0 atom stereocenters. The average molecular weight is 272 g/mol. The lowest BCUT2D eigenvalue weighted by atomic mass is 10.4. The number of rotatable bonds is 5. The quantitative estimate of drug-likeness (QED) is 0.833. The van der Waals surface area contributed by atoms with Gasteiger partial charge >= 0.3 is 5.97 Å². The van der Waals surface area contributed by atoms with E-state index in [0.717, 1.165) is 22.4 Å². The molecule has 0 fully saturated rings. The van der Waals surface area contributed by atoms with Crippen LogP contribution in [0.2, 0.25) is 0 Å². The Kier molecular flexibility index (Phi) is 3.64. The van der Waals surface area contributed by atoms with E-state index >= 15 is 0 Å². The largest absolute Gasteiger partial charge is 0.496 e. The fraction of sp³-hybridized carbons (Fsp3) is 0.222. The van der Waals surface area contributed by atoms with E-state index in [9.17, 15) is 4.79 Å². The standard InChI is InChI=1S/C9H8N2O4S2/c1-14-5-2-6(16-3-5)8-10-11-9(15-8)17-4-7(12)13/h2-3H,4H2,1H3,(H,12,13). The molecule has 0 bridgehead atoms. The normalized spacial score (nSPS) is 10.4. The van der Waals surface area contributed by atoms with E-state index in [1.165, 1.54) is 11.3 Å². The van der Waals surface area contributed by atoms with E-state index in [4.69, 9.17) is 14.3 Å². The van der Waals surface area contributed by atoms with Crippen LogP contribution >= 0.6 is 23.1 Å². The Morgan fingerprint density at radius 3 is 3.12 bits per heavy atom. The molecule has 2 rings (SSSR count). The van der Waals surface area contributed by atoms with Crippen molar-refractivity contribution in [2.45, 2.75) is 5.22 Å². The summed E-state index contributed by atoms with van der Waals surface area (Å²) in [5, 5.41) is 18.2. The molecule has 0 saturated heterocycles. The van der Waals surface area contributed by atoms with Crippen molar-refractivity contribution in [3.63, 3.8) is 0 Å². The van der Waals surface area contributed by atoms with Crippen molar-refractivity contribution < 1.29 is 19.1 Å². The number of carboxylic acids is 1. The Balaban J connectivity index is 2.09. The van der Waals surface area contributed by atoms with E-state index in [-0.39, 0.29) is 11.0 Å². The number of hydrogen-bond acceptors (Lipinski definition) is 7. The van der Waals surface area contributed by atoms with Gasteiger partial charge in [-0.3, -0.25) is 4.79 Å². The Hall–Kier alpha value is -1.54. The molecule has 0 aromatic carbocycles. The van der Waals surface area contributed by atoms with Crippen molar-refractivity contribution in [3.05, 3.63) is 11.4 Å². The van der Waals surface area contributed by atoms with Crippen molar-refractivity contribution in [3.8, 4) is 16.5 Å². The number of aromatic nitrogens is 2. The van der Waals surface area contributed by atoms with Crippen LogP contribution in [-0.4, -0.2) is 34.1 Å². The number of carbonyl (C=O) groups is 1. The highest BCUT2D eigenvalue weighted by Crippen LogP contribution is 2.31. The second-order valence-electron chi connectivity index (χ2n) is 2.91. The summed E-state index contributed by atoms with van der Waals surface area (Å²) in [5.41, 5.74) is 0. The Labute approximate surface area is 105 Å². The highest BCUT2D eigenvalue weighted by molar-refractivity contribution is 7.99. The molecule has 17 heavy (non-hydrogen) atoms. The van der Waals surface area contributed by atoms with E-state index in [0.29, 0.717) is 5.89 Å². The van der Waals surface area contributed by atoms with Crippen LogP contribution in [0.25, 0.3) is 10.8 Å². The maximum atomic E-state index is 10.4. The van der Waals surface area contributed by atoms with Gasteiger partial charge in [0, 0.05) is 11.4 Å². The van der Waals surface area contributed by atoms with Crippen LogP contribution in [0.1, 0.15) is 0 Å². The van der Waals surface area contributed by atoms with E-state index in [1.807, 2.05) is 5.38 Å². The fourth-order valence-corrected chi connectivity index (χ4v) is 2.29. The Morgan fingerprint density at radius 1 is 1.65 bits per heavy atom. The van der Waals surface area contributed by atoms with Crippen LogP contribution in [0.15, 0.2) is 21.1 Å². The van der Waals surface area contributed by atoms with E-state index in [1.54, 1.807) is 13.2 Å². The zero-order valence-electron chi connectivity index (χ0n) is 8.74. The first kappa shape index (κ1) is 11.9. The minimum atomic E-state index is -0.924.